The van der Waals surface area contributed by atoms with Gasteiger partial charge in [0.2, 0.25) is 5.91 Å². The predicted molar refractivity (Wildman–Crippen MR) is 104 cm³/mol. The molecule has 1 amide bonds. The number of aryl methyl sites for hydroxylation is 1. The molecule has 3 aromatic rings. The zero-order valence-corrected chi connectivity index (χ0v) is 15.5. The smallest absolute Gasteiger partial charge is 0.241 e. The Hall–Kier alpha value is -2.93. The molecule has 0 spiro atoms. The van der Waals surface area contributed by atoms with Crippen molar-refractivity contribution >= 4 is 11.6 Å². The fourth-order valence-electron chi connectivity index (χ4n) is 3.65. The van der Waals surface area contributed by atoms with Gasteiger partial charge in [0, 0.05) is 37.0 Å². The minimum Gasteiger partial charge on any atom is -0.334 e. The van der Waals surface area contributed by atoms with Gasteiger partial charge >= 0.3 is 0 Å². The van der Waals surface area contributed by atoms with E-state index in [0.717, 1.165) is 43.1 Å². The summed E-state index contributed by atoms with van der Waals surface area (Å²) in [5.74, 6) is 1.05. The van der Waals surface area contributed by atoms with E-state index in [2.05, 4.69) is 31.8 Å². The summed E-state index contributed by atoms with van der Waals surface area (Å²) in [7, 11) is 0. The molecule has 7 nitrogen and oxygen atoms in total. The van der Waals surface area contributed by atoms with Crippen LogP contribution in [0.5, 0.6) is 0 Å². The molecule has 1 N–H and O–H groups in total. The minimum absolute atomic E-state index is 0.0414. The van der Waals surface area contributed by atoms with E-state index in [4.69, 9.17) is 0 Å². The zero-order chi connectivity index (χ0) is 18.6. The number of nitrogens with one attached hydrogen (secondary N) is 1. The second-order valence-corrected chi connectivity index (χ2v) is 6.75. The number of hydrogen-bond donors (Lipinski definition) is 1. The SMILES string of the molecule is CCn1ccnc1CN1CCCC1C(=O)Nc1cccc(-n2cccn2)c1. The summed E-state index contributed by atoms with van der Waals surface area (Å²) in [6, 6.07) is 9.50. The molecule has 1 atom stereocenters. The summed E-state index contributed by atoms with van der Waals surface area (Å²) in [6.07, 6.45) is 9.33. The van der Waals surface area contributed by atoms with Crippen molar-refractivity contribution in [2.45, 2.75) is 38.9 Å². The standard InChI is InChI=1S/C20H24N6O/c1-2-24-13-10-21-19(24)15-25-11-4-8-18(25)20(27)23-16-6-3-7-17(14-16)26-12-5-9-22-26/h3,5-7,9-10,12-14,18H,2,4,8,11,15H2,1H3,(H,23,27). The van der Waals surface area contributed by atoms with E-state index in [1.165, 1.54) is 0 Å². The molecule has 1 fully saturated rings. The molecular formula is C20H24N6O. The van der Waals surface area contributed by atoms with Gasteiger partial charge in [-0.15, -0.1) is 0 Å². The van der Waals surface area contributed by atoms with Gasteiger partial charge in [0.25, 0.3) is 0 Å². The lowest BCUT2D eigenvalue weighted by molar-refractivity contribution is -0.120. The number of nitrogens with zero attached hydrogens (tertiary/aromatic N) is 5. The van der Waals surface area contributed by atoms with Gasteiger partial charge in [-0.2, -0.15) is 5.10 Å². The molecule has 4 rings (SSSR count). The first-order valence-corrected chi connectivity index (χ1v) is 9.39. The summed E-state index contributed by atoms with van der Waals surface area (Å²) < 4.78 is 3.91. The Kier molecular flexibility index (Phi) is 5.02. The first kappa shape index (κ1) is 17.5. The first-order chi connectivity index (χ1) is 13.2. The molecule has 1 unspecified atom stereocenters. The molecule has 0 aliphatic carbocycles. The second-order valence-electron chi connectivity index (χ2n) is 6.75. The van der Waals surface area contributed by atoms with Crippen molar-refractivity contribution in [3.63, 3.8) is 0 Å². The van der Waals surface area contributed by atoms with Crippen LogP contribution in [0, 0.1) is 0 Å². The van der Waals surface area contributed by atoms with E-state index in [9.17, 15) is 4.79 Å². The number of benzene rings is 1. The summed E-state index contributed by atoms with van der Waals surface area (Å²) in [5.41, 5.74) is 1.71. The predicted octanol–water partition coefficient (Wildman–Crippen LogP) is 2.69. The largest absolute Gasteiger partial charge is 0.334 e. The Morgan fingerprint density at radius 3 is 3.00 bits per heavy atom. The van der Waals surface area contributed by atoms with Crippen molar-refractivity contribution in [3.05, 3.63) is 60.9 Å². The van der Waals surface area contributed by atoms with Gasteiger partial charge < -0.3 is 9.88 Å². The van der Waals surface area contributed by atoms with Crippen LogP contribution in [0.1, 0.15) is 25.6 Å². The van der Waals surface area contributed by atoms with E-state index >= 15 is 0 Å². The fourth-order valence-corrected chi connectivity index (χ4v) is 3.65. The lowest BCUT2D eigenvalue weighted by Gasteiger charge is -2.23. The first-order valence-electron chi connectivity index (χ1n) is 9.39. The van der Waals surface area contributed by atoms with Crippen molar-refractivity contribution in [1.82, 2.24) is 24.2 Å². The van der Waals surface area contributed by atoms with Crippen LogP contribution in [0.3, 0.4) is 0 Å². The molecule has 0 bridgehead atoms. The van der Waals surface area contributed by atoms with Crippen LogP contribution in [-0.2, 0) is 17.9 Å². The third kappa shape index (κ3) is 3.78. The van der Waals surface area contributed by atoms with Crippen LogP contribution in [-0.4, -0.2) is 42.7 Å². The van der Waals surface area contributed by atoms with Gasteiger partial charge in [-0.3, -0.25) is 9.69 Å². The number of anilines is 1. The van der Waals surface area contributed by atoms with Gasteiger partial charge in [0.1, 0.15) is 5.82 Å². The summed E-state index contributed by atoms with van der Waals surface area (Å²) in [4.78, 5) is 19.6. The highest BCUT2D eigenvalue weighted by molar-refractivity contribution is 5.95. The Bertz CT molecular complexity index is 901. The Morgan fingerprint density at radius 2 is 2.19 bits per heavy atom. The highest BCUT2D eigenvalue weighted by Gasteiger charge is 2.31. The number of likely N-dealkylation sites (tertiary alicyclic amines) is 1. The van der Waals surface area contributed by atoms with Gasteiger partial charge in [0.05, 0.1) is 18.3 Å². The Labute approximate surface area is 158 Å². The maximum Gasteiger partial charge on any atom is 0.241 e. The molecule has 1 aliphatic heterocycles. The normalized spacial score (nSPS) is 17.3. The van der Waals surface area contributed by atoms with Crippen LogP contribution in [0.25, 0.3) is 5.69 Å². The van der Waals surface area contributed by atoms with Crippen LogP contribution < -0.4 is 5.32 Å². The highest BCUT2D eigenvalue weighted by atomic mass is 16.2. The third-order valence-electron chi connectivity index (χ3n) is 5.04. The lowest BCUT2D eigenvalue weighted by atomic mass is 10.2. The van der Waals surface area contributed by atoms with Crippen molar-refractivity contribution in [2.75, 3.05) is 11.9 Å². The molecule has 0 radical (unpaired) electrons. The minimum atomic E-state index is -0.125. The molecule has 1 saturated heterocycles. The van der Waals surface area contributed by atoms with Gasteiger partial charge in [-0.25, -0.2) is 9.67 Å². The van der Waals surface area contributed by atoms with Crippen LogP contribution >= 0.6 is 0 Å². The van der Waals surface area contributed by atoms with E-state index in [1.54, 1.807) is 10.9 Å². The zero-order valence-electron chi connectivity index (χ0n) is 15.5. The number of imidazole rings is 1. The molecule has 3 heterocycles. The molecule has 140 valence electrons. The molecule has 0 saturated carbocycles. The Morgan fingerprint density at radius 1 is 1.26 bits per heavy atom. The summed E-state index contributed by atoms with van der Waals surface area (Å²) in [6.45, 7) is 4.61. The molecule has 1 aromatic carbocycles. The van der Waals surface area contributed by atoms with Crippen LogP contribution in [0.4, 0.5) is 5.69 Å². The van der Waals surface area contributed by atoms with Crippen molar-refractivity contribution in [1.29, 1.82) is 0 Å². The number of aromatic nitrogens is 4. The third-order valence-corrected chi connectivity index (χ3v) is 5.04. The molecular weight excluding hydrogens is 340 g/mol. The number of carbonyl (C=O) groups excluding carboxylic acids is 1. The molecule has 7 heteroatoms. The number of hydrogen-bond acceptors (Lipinski definition) is 4. The Balaban J connectivity index is 1.45. The van der Waals surface area contributed by atoms with Crippen molar-refractivity contribution in [3.8, 4) is 5.69 Å². The number of rotatable bonds is 6. The van der Waals surface area contributed by atoms with E-state index < -0.39 is 0 Å². The van der Waals surface area contributed by atoms with E-state index in [1.807, 2.05) is 48.9 Å². The maximum absolute atomic E-state index is 12.9. The second kappa shape index (κ2) is 7.75. The quantitative estimate of drug-likeness (QED) is 0.730. The van der Waals surface area contributed by atoms with Crippen molar-refractivity contribution < 1.29 is 4.79 Å². The summed E-state index contributed by atoms with van der Waals surface area (Å²) >= 11 is 0. The van der Waals surface area contributed by atoms with Crippen LogP contribution in [0.15, 0.2) is 55.1 Å². The van der Waals surface area contributed by atoms with E-state index in [0.29, 0.717) is 6.54 Å². The molecule has 1 aliphatic rings. The lowest BCUT2D eigenvalue weighted by Crippen LogP contribution is -2.39. The van der Waals surface area contributed by atoms with Gasteiger partial charge in [0.15, 0.2) is 0 Å². The maximum atomic E-state index is 12.9. The molecule has 27 heavy (non-hydrogen) atoms. The average Bonchev–Trinajstić information content (AvgIpc) is 3.44. The van der Waals surface area contributed by atoms with Gasteiger partial charge in [-0.05, 0) is 50.6 Å². The molecule has 2 aromatic heterocycles. The van der Waals surface area contributed by atoms with Crippen LogP contribution in [0.2, 0.25) is 0 Å². The topological polar surface area (TPSA) is 68.0 Å². The highest BCUT2D eigenvalue weighted by Crippen LogP contribution is 2.22. The van der Waals surface area contributed by atoms with Gasteiger partial charge in [-0.1, -0.05) is 6.07 Å². The fraction of sp³-hybridized carbons (Fsp3) is 0.350. The summed E-state index contributed by atoms with van der Waals surface area (Å²) in [5, 5.41) is 7.32. The monoisotopic (exact) mass is 364 g/mol. The number of amides is 1. The van der Waals surface area contributed by atoms with Crippen molar-refractivity contribution in [2.24, 2.45) is 0 Å². The number of carbonyl (C=O) groups is 1. The van der Waals surface area contributed by atoms with E-state index in [-0.39, 0.29) is 11.9 Å². The average molecular weight is 364 g/mol.